The van der Waals surface area contributed by atoms with E-state index in [2.05, 4.69) is 6.58 Å². The number of ether oxygens (including phenoxy) is 1. The van der Waals surface area contributed by atoms with Crippen LogP contribution in [0.25, 0.3) is 0 Å². The van der Waals surface area contributed by atoms with Gasteiger partial charge in [0.2, 0.25) is 0 Å². The van der Waals surface area contributed by atoms with Crippen molar-refractivity contribution in [3.63, 3.8) is 0 Å². The molecule has 0 saturated carbocycles. The molecule has 0 aliphatic heterocycles. The molecule has 0 aromatic heterocycles. The van der Waals surface area contributed by atoms with Gasteiger partial charge >= 0.3 is 0 Å². The van der Waals surface area contributed by atoms with E-state index in [1.54, 1.807) is 7.11 Å². The lowest BCUT2D eigenvalue weighted by molar-refractivity contribution is 0.283. The van der Waals surface area contributed by atoms with Crippen LogP contribution in [0.1, 0.15) is 6.42 Å². The van der Waals surface area contributed by atoms with Gasteiger partial charge in [-0.1, -0.05) is 18.7 Å². The van der Waals surface area contributed by atoms with Gasteiger partial charge in [-0.2, -0.15) is 0 Å². The van der Waals surface area contributed by atoms with Crippen LogP contribution in [0.2, 0.25) is 0 Å². The number of methoxy groups -OCH3 is 1. The second-order valence-corrected chi connectivity index (χ2v) is 2.03. The van der Waals surface area contributed by atoms with Crippen molar-refractivity contribution in [2.24, 2.45) is 0 Å². The zero-order valence-corrected chi connectivity index (χ0v) is 5.55. The average Bonchev–Trinajstić information content (AvgIpc) is 1.88. The monoisotopic (exact) mass is 122 g/mol. The molecule has 9 heavy (non-hydrogen) atoms. The maximum absolute atomic E-state index is 5.01. The van der Waals surface area contributed by atoms with E-state index in [1.165, 1.54) is 0 Å². The zero-order chi connectivity index (χ0) is 6.69. The van der Waals surface area contributed by atoms with Gasteiger partial charge in [-0.25, -0.2) is 0 Å². The molecule has 1 aliphatic carbocycles. The summed E-state index contributed by atoms with van der Waals surface area (Å²) in [7, 11) is 1.68. The third-order valence-corrected chi connectivity index (χ3v) is 1.28. The maximum atomic E-state index is 5.01. The molecule has 0 heterocycles. The normalized spacial score (nSPS) is 17.4. The molecule has 1 rings (SSSR count). The van der Waals surface area contributed by atoms with Gasteiger partial charge in [-0.3, -0.25) is 0 Å². The molecule has 0 N–H and O–H groups in total. The standard InChI is InChI=1S/C8H10O/c1-7-4-3-5-8(6-7)9-2/h3-5H,1,6H2,2H3. The minimum atomic E-state index is 0.854. The molecule has 0 aromatic carbocycles. The van der Waals surface area contributed by atoms with Crippen molar-refractivity contribution in [2.45, 2.75) is 6.42 Å². The van der Waals surface area contributed by atoms with Gasteiger partial charge in [0.1, 0.15) is 0 Å². The highest BCUT2D eigenvalue weighted by Crippen LogP contribution is 2.15. The lowest BCUT2D eigenvalue weighted by atomic mass is 10.1. The summed E-state index contributed by atoms with van der Waals surface area (Å²) in [6.07, 6.45) is 6.74. The maximum Gasteiger partial charge on any atom is 0.0998 e. The molecule has 0 atom stereocenters. The molecule has 1 aliphatic rings. The summed E-state index contributed by atoms with van der Waals surface area (Å²) in [5.41, 5.74) is 1.11. The third-order valence-electron chi connectivity index (χ3n) is 1.28. The van der Waals surface area contributed by atoms with Crippen LogP contribution in [0.4, 0.5) is 0 Å². The fourth-order valence-electron chi connectivity index (χ4n) is 0.773. The van der Waals surface area contributed by atoms with E-state index in [4.69, 9.17) is 4.74 Å². The van der Waals surface area contributed by atoms with E-state index in [0.29, 0.717) is 0 Å². The highest BCUT2D eigenvalue weighted by Gasteiger charge is 1.99. The lowest BCUT2D eigenvalue weighted by Gasteiger charge is -2.07. The summed E-state index contributed by atoms with van der Waals surface area (Å²) >= 11 is 0. The van der Waals surface area contributed by atoms with Crippen molar-refractivity contribution in [1.82, 2.24) is 0 Å². The molecule has 0 amide bonds. The molecule has 48 valence electrons. The molecule has 0 radical (unpaired) electrons. The molecular formula is C8H10O. The summed E-state index contributed by atoms with van der Waals surface area (Å²) in [5.74, 6) is 0.988. The van der Waals surface area contributed by atoms with Crippen molar-refractivity contribution in [2.75, 3.05) is 7.11 Å². The van der Waals surface area contributed by atoms with E-state index in [0.717, 1.165) is 17.8 Å². The van der Waals surface area contributed by atoms with Crippen LogP contribution in [0.3, 0.4) is 0 Å². The molecule has 1 heteroatoms. The predicted octanol–water partition coefficient (Wildman–Crippen LogP) is 2.03. The highest BCUT2D eigenvalue weighted by atomic mass is 16.5. The van der Waals surface area contributed by atoms with Crippen LogP contribution in [0.5, 0.6) is 0 Å². The number of hydrogen-bond donors (Lipinski definition) is 0. The first-order valence-corrected chi connectivity index (χ1v) is 2.92. The number of allylic oxidation sites excluding steroid dienone is 4. The SMILES string of the molecule is C=C1C=CC=C(OC)C1. The smallest absolute Gasteiger partial charge is 0.0998 e. The third kappa shape index (κ3) is 1.46. The van der Waals surface area contributed by atoms with Gasteiger partial charge in [0.25, 0.3) is 0 Å². The van der Waals surface area contributed by atoms with Crippen LogP contribution in [0.15, 0.2) is 36.1 Å². The van der Waals surface area contributed by atoms with Crippen LogP contribution in [-0.4, -0.2) is 7.11 Å². The average molecular weight is 122 g/mol. The van der Waals surface area contributed by atoms with E-state index < -0.39 is 0 Å². The van der Waals surface area contributed by atoms with Crippen molar-refractivity contribution in [3.05, 3.63) is 36.1 Å². The minimum Gasteiger partial charge on any atom is -0.501 e. The Kier molecular flexibility index (Phi) is 1.73. The molecule has 0 saturated heterocycles. The summed E-state index contributed by atoms with van der Waals surface area (Å²) < 4.78 is 5.01. The van der Waals surface area contributed by atoms with E-state index >= 15 is 0 Å². The quantitative estimate of drug-likeness (QED) is 0.517. The Balaban J connectivity index is 2.65. The van der Waals surface area contributed by atoms with Crippen LogP contribution in [-0.2, 0) is 4.74 Å². The Labute approximate surface area is 55.3 Å². The molecule has 0 aromatic rings. The van der Waals surface area contributed by atoms with E-state index in [9.17, 15) is 0 Å². The highest BCUT2D eigenvalue weighted by molar-refractivity contribution is 5.29. The topological polar surface area (TPSA) is 9.23 Å². The zero-order valence-electron chi connectivity index (χ0n) is 5.55. The second kappa shape index (κ2) is 2.53. The van der Waals surface area contributed by atoms with Gasteiger partial charge in [-0.15, -0.1) is 0 Å². The fraction of sp³-hybridized carbons (Fsp3) is 0.250. The van der Waals surface area contributed by atoms with Crippen molar-refractivity contribution in [3.8, 4) is 0 Å². The molecule has 0 bridgehead atoms. The van der Waals surface area contributed by atoms with Crippen molar-refractivity contribution < 1.29 is 4.74 Å². The van der Waals surface area contributed by atoms with Gasteiger partial charge in [0, 0.05) is 6.42 Å². The van der Waals surface area contributed by atoms with Crippen molar-refractivity contribution >= 4 is 0 Å². The van der Waals surface area contributed by atoms with Crippen LogP contribution in [0, 0.1) is 0 Å². The molecule has 1 nitrogen and oxygen atoms in total. The first-order chi connectivity index (χ1) is 4.33. The summed E-state index contributed by atoms with van der Waals surface area (Å²) in [6, 6.07) is 0. The Hall–Kier alpha value is -0.980. The Morgan fingerprint density at radius 1 is 1.67 bits per heavy atom. The van der Waals surface area contributed by atoms with Crippen LogP contribution >= 0.6 is 0 Å². The Bertz CT molecular complexity index is 175. The van der Waals surface area contributed by atoms with Gasteiger partial charge < -0.3 is 4.74 Å². The van der Waals surface area contributed by atoms with Crippen LogP contribution < -0.4 is 0 Å². The number of rotatable bonds is 1. The molecule has 0 unspecified atom stereocenters. The first-order valence-electron chi connectivity index (χ1n) is 2.92. The van der Waals surface area contributed by atoms with Gasteiger partial charge in [-0.05, 0) is 11.6 Å². The Morgan fingerprint density at radius 2 is 2.44 bits per heavy atom. The van der Waals surface area contributed by atoms with Gasteiger partial charge in [0.15, 0.2) is 0 Å². The van der Waals surface area contributed by atoms with E-state index in [-0.39, 0.29) is 0 Å². The molecular weight excluding hydrogens is 112 g/mol. The molecule has 0 fully saturated rings. The summed E-state index contributed by atoms with van der Waals surface area (Å²) in [5, 5.41) is 0. The first kappa shape index (κ1) is 6.14. The number of hydrogen-bond acceptors (Lipinski definition) is 1. The van der Waals surface area contributed by atoms with Crippen molar-refractivity contribution in [1.29, 1.82) is 0 Å². The molecule has 0 spiro atoms. The second-order valence-electron chi connectivity index (χ2n) is 2.03. The largest absolute Gasteiger partial charge is 0.501 e. The summed E-state index contributed by atoms with van der Waals surface area (Å²) in [4.78, 5) is 0. The summed E-state index contributed by atoms with van der Waals surface area (Å²) in [6.45, 7) is 3.80. The Morgan fingerprint density at radius 3 is 2.89 bits per heavy atom. The lowest BCUT2D eigenvalue weighted by Crippen LogP contribution is -1.90. The minimum absolute atomic E-state index is 0.854. The fourth-order valence-corrected chi connectivity index (χ4v) is 0.773. The van der Waals surface area contributed by atoms with Gasteiger partial charge in [0.05, 0.1) is 12.9 Å². The predicted molar refractivity (Wildman–Crippen MR) is 38.0 cm³/mol. The van der Waals surface area contributed by atoms with E-state index in [1.807, 2.05) is 18.2 Å².